The molecule has 17 heteroatoms. The van der Waals surface area contributed by atoms with Crippen molar-refractivity contribution in [2.24, 2.45) is 0 Å². The third-order valence-corrected chi connectivity index (χ3v) is 7.41. The number of nitrogens with zero attached hydrogens (tertiary/aromatic N) is 2. The Morgan fingerprint density at radius 2 is 1.87 bits per heavy atom. The predicted octanol–water partition coefficient (Wildman–Crippen LogP) is -2.65. The second-order valence-electron chi connectivity index (χ2n) is 9.55. The number of benzene rings is 1. The summed E-state index contributed by atoms with van der Waals surface area (Å²) in [4.78, 5) is 39.7. The zero-order valence-corrected chi connectivity index (χ0v) is 19.4. The lowest BCUT2D eigenvalue weighted by molar-refractivity contribution is -0.286. The molecule has 5 aliphatic rings. The highest BCUT2D eigenvalue weighted by Gasteiger charge is 2.74. The van der Waals surface area contributed by atoms with Gasteiger partial charge in [-0.15, -0.1) is 8.78 Å². The van der Waals surface area contributed by atoms with Crippen molar-refractivity contribution in [3.8, 4) is 11.5 Å². The van der Waals surface area contributed by atoms with Gasteiger partial charge in [0.15, 0.2) is 29.1 Å². The number of carbonyl (C=O) groups excluding carboxylic acids is 3. The molecule has 202 valence electrons. The lowest BCUT2D eigenvalue weighted by Gasteiger charge is -2.51. The number of alkyl halides is 2. The van der Waals surface area contributed by atoms with Gasteiger partial charge in [-0.25, -0.2) is 0 Å². The molecule has 38 heavy (non-hydrogen) atoms. The van der Waals surface area contributed by atoms with Crippen LogP contribution in [0.2, 0.25) is 0 Å². The van der Waals surface area contributed by atoms with Crippen LogP contribution in [-0.2, 0) is 9.59 Å². The van der Waals surface area contributed by atoms with Crippen molar-refractivity contribution in [1.29, 1.82) is 10.8 Å². The van der Waals surface area contributed by atoms with Gasteiger partial charge in [0.1, 0.15) is 6.04 Å². The topological polar surface area (TPSA) is 212 Å². The van der Waals surface area contributed by atoms with E-state index in [9.17, 15) is 33.4 Å². The monoisotopic (exact) mass is 536 g/mol. The Kier molecular flexibility index (Phi) is 4.84. The largest absolute Gasteiger partial charge is 0.586 e. The number of halogens is 2. The summed E-state index contributed by atoms with van der Waals surface area (Å²) in [5.41, 5.74) is -2.33. The molecule has 6 rings (SSSR count). The second kappa shape index (κ2) is 7.64. The molecule has 0 aromatic heterocycles. The van der Waals surface area contributed by atoms with Gasteiger partial charge >= 0.3 is 6.29 Å². The summed E-state index contributed by atoms with van der Waals surface area (Å²) in [6, 6.07) is 0.153. The Morgan fingerprint density at radius 1 is 1.16 bits per heavy atom. The number of fused-ring (bicyclic) bond motifs is 1. The molecule has 1 aromatic carbocycles. The molecule has 4 atom stereocenters. The van der Waals surface area contributed by atoms with E-state index in [-0.39, 0.29) is 49.2 Å². The van der Waals surface area contributed by atoms with Gasteiger partial charge in [0.05, 0.1) is 24.2 Å². The van der Waals surface area contributed by atoms with E-state index in [1.54, 1.807) is 0 Å². The quantitative estimate of drug-likeness (QED) is 0.147. The fourth-order valence-corrected chi connectivity index (χ4v) is 5.74. The molecule has 8 N–H and O–H groups in total. The summed E-state index contributed by atoms with van der Waals surface area (Å²) in [6.07, 6.45) is -3.91. The van der Waals surface area contributed by atoms with Gasteiger partial charge in [0, 0.05) is 19.4 Å². The summed E-state index contributed by atoms with van der Waals surface area (Å²) in [5.74, 6) is -6.22. The van der Waals surface area contributed by atoms with Crippen molar-refractivity contribution in [3.63, 3.8) is 0 Å². The summed E-state index contributed by atoms with van der Waals surface area (Å²) in [7, 11) is 0. The first-order valence-corrected chi connectivity index (χ1v) is 11.6. The van der Waals surface area contributed by atoms with Crippen LogP contribution in [0.25, 0.3) is 0 Å². The van der Waals surface area contributed by atoms with Crippen LogP contribution in [0, 0.1) is 10.8 Å². The lowest BCUT2D eigenvalue weighted by Crippen LogP contribution is -2.81. The van der Waals surface area contributed by atoms with E-state index in [2.05, 4.69) is 30.7 Å². The van der Waals surface area contributed by atoms with Crippen molar-refractivity contribution in [3.05, 3.63) is 23.8 Å². The summed E-state index contributed by atoms with van der Waals surface area (Å²) < 4.78 is 36.0. The standard InChI is InChI=1S/C21H22F2N8O7/c22-21(23)37-10-3-1-2-8(14(10)38-21)16(34)27-11-7-31-18(25)26-9(6-30-12(32)4-5-13(30)33)15-19(31,20(11,35)36)29-17(24)28-15/h1-3,9,11,15,35-36H,4-7H2,(H2,25,26)(H,27,34)(H3,24,28,29). The highest BCUT2D eigenvalue weighted by atomic mass is 19.3. The van der Waals surface area contributed by atoms with Gasteiger partial charge in [0.2, 0.25) is 17.6 Å². The molecule has 4 saturated heterocycles. The Bertz CT molecular complexity index is 1290. The maximum atomic E-state index is 13.6. The number of likely N-dealkylation sites (tertiary alicyclic amines) is 1. The van der Waals surface area contributed by atoms with Crippen LogP contribution in [0.15, 0.2) is 18.2 Å². The summed E-state index contributed by atoms with van der Waals surface area (Å²) in [6.45, 7) is -0.559. The number of amides is 3. The second-order valence-corrected chi connectivity index (χ2v) is 9.55. The molecule has 0 radical (unpaired) electrons. The number of rotatable bonds is 4. The smallest absolute Gasteiger partial charge is 0.395 e. The Balaban J connectivity index is 1.30. The molecule has 0 bridgehead atoms. The number of guanidine groups is 2. The summed E-state index contributed by atoms with van der Waals surface area (Å²) >= 11 is 0. The van der Waals surface area contributed by atoms with E-state index < -0.39 is 59.3 Å². The fraction of sp³-hybridized carbons (Fsp3) is 0.476. The molecule has 0 aliphatic carbocycles. The molecule has 4 fully saturated rings. The van der Waals surface area contributed by atoms with Gasteiger partial charge < -0.3 is 45.9 Å². The molecule has 1 aromatic rings. The third kappa shape index (κ3) is 3.21. The van der Waals surface area contributed by atoms with Gasteiger partial charge in [0.25, 0.3) is 5.91 Å². The first kappa shape index (κ1) is 24.1. The van der Waals surface area contributed by atoms with Crippen molar-refractivity contribution >= 4 is 29.6 Å². The van der Waals surface area contributed by atoms with Gasteiger partial charge in [-0.1, -0.05) is 6.07 Å². The minimum atomic E-state index is -3.98. The van der Waals surface area contributed by atoms with Crippen LogP contribution < -0.4 is 30.7 Å². The molecule has 5 aliphatic heterocycles. The van der Waals surface area contributed by atoms with Crippen LogP contribution in [0.1, 0.15) is 23.2 Å². The minimum absolute atomic E-state index is 0.0361. The minimum Gasteiger partial charge on any atom is -0.395 e. The van der Waals surface area contributed by atoms with Crippen LogP contribution in [0.4, 0.5) is 8.78 Å². The van der Waals surface area contributed by atoms with Crippen LogP contribution in [-0.4, -0.2) is 98.6 Å². The SMILES string of the molecule is N=C1NC2C(CN3C(=O)CCC3=O)NC(=N)N3CC(NC(=O)c4cccc5c4OC(F)(F)O5)C(O)(O)C23N1. The summed E-state index contributed by atoms with van der Waals surface area (Å²) in [5, 5.41) is 50.2. The predicted molar refractivity (Wildman–Crippen MR) is 119 cm³/mol. The maximum Gasteiger partial charge on any atom is 0.586 e. The average Bonchev–Trinajstić information content (AvgIpc) is 3.52. The number of carbonyl (C=O) groups is 3. The van der Waals surface area contributed by atoms with Crippen LogP contribution in [0.3, 0.4) is 0 Å². The highest BCUT2D eigenvalue weighted by Crippen LogP contribution is 2.45. The van der Waals surface area contributed by atoms with Crippen LogP contribution >= 0.6 is 0 Å². The zero-order valence-electron chi connectivity index (χ0n) is 19.4. The molecule has 1 spiro atoms. The van der Waals surface area contributed by atoms with E-state index in [1.807, 2.05) is 0 Å². The van der Waals surface area contributed by atoms with Gasteiger partial charge in [-0.3, -0.25) is 30.1 Å². The molecular weight excluding hydrogens is 514 g/mol. The molecule has 3 amide bonds. The van der Waals surface area contributed by atoms with Crippen molar-refractivity contribution < 1.29 is 42.9 Å². The Labute approximate surface area is 212 Å². The average molecular weight is 536 g/mol. The lowest BCUT2D eigenvalue weighted by atomic mass is 9.84. The van der Waals surface area contributed by atoms with Gasteiger partial charge in [-0.05, 0) is 12.1 Å². The normalized spacial score (nSPS) is 31.9. The molecule has 4 unspecified atom stereocenters. The van der Waals surface area contributed by atoms with Crippen molar-refractivity contribution in [1.82, 2.24) is 31.1 Å². The number of para-hydroxylation sites is 1. The Hall–Kier alpha value is -4.25. The number of hydrogen-bond donors (Lipinski definition) is 8. The van der Waals surface area contributed by atoms with Crippen LogP contribution in [0.5, 0.6) is 11.5 Å². The van der Waals surface area contributed by atoms with Gasteiger partial charge in [-0.2, -0.15) is 0 Å². The zero-order chi connectivity index (χ0) is 27.2. The van der Waals surface area contributed by atoms with Crippen molar-refractivity contribution in [2.45, 2.75) is 48.7 Å². The van der Waals surface area contributed by atoms with E-state index in [0.717, 1.165) is 4.90 Å². The number of ether oxygens (including phenoxy) is 2. The highest BCUT2D eigenvalue weighted by molar-refractivity contribution is 6.02. The van der Waals surface area contributed by atoms with E-state index >= 15 is 0 Å². The molecule has 5 heterocycles. The Morgan fingerprint density at radius 3 is 2.58 bits per heavy atom. The molecule has 15 nitrogen and oxygen atoms in total. The van der Waals surface area contributed by atoms with E-state index in [1.165, 1.54) is 23.1 Å². The number of hydrogen-bond acceptors (Lipinski definition) is 9. The number of aliphatic hydroxyl groups is 2. The first-order valence-electron chi connectivity index (χ1n) is 11.6. The maximum absolute atomic E-state index is 13.6. The molecule has 0 saturated carbocycles. The number of imide groups is 1. The van der Waals surface area contributed by atoms with E-state index in [0.29, 0.717) is 0 Å². The van der Waals surface area contributed by atoms with E-state index in [4.69, 9.17) is 10.8 Å². The third-order valence-electron chi connectivity index (χ3n) is 7.41. The van der Waals surface area contributed by atoms with Crippen molar-refractivity contribution in [2.75, 3.05) is 13.1 Å². The number of nitrogens with one attached hydrogen (secondary N) is 6. The first-order chi connectivity index (χ1) is 17.8. The fourth-order valence-electron chi connectivity index (χ4n) is 5.74. The molecular formula is C21H22F2N8O7.